The number of rotatable bonds is 8. The Balaban J connectivity index is 2.01. The van der Waals surface area contributed by atoms with Gasteiger partial charge in [-0.1, -0.05) is 26.8 Å². The van der Waals surface area contributed by atoms with E-state index in [1.807, 2.05) is 19.1 Å². The number of hydrogen-bond acceptors (Lipinski definition) is 5. The van der Waals surface area contributed by atoms with E-state index >= 15 is 0 Å². The number of ether oxygens (including phenoxy) is 1. The molecule has 0 spiro atoms. The van der Waals surface area contributed by atoms with E-state index in [1.54, 1.807) is 12.1 Å². The molecule has 1 aliphatic heterocycles. The summed E-state index contributed by atoms with van der Waals surface area (Å²) in [5, 5.41) is 21.9. The summed E-state index contributed by atoms with van der Waals surface area (Å²) in [4.78, 5) is 13.7. The molecule has 0 radical (unpaired) electrons. The zero-order valence-corrected chi connectivity index (χ0v) is 18.5. The molecule has 1 heterocycles. The molecular weight excluding hydrogens is 390 g/mol. The first-order valence-electron chi connectivity index (χ1n) is 10.9. The number of morpholine rings is 1. The van der Waals surface area contributed by atoms with Crippen LogP contribution in [0.15, 0.2) is 42.5 Å². The van der Waals surface area contributed by atoms with Crippen molar-refractivity contribution in [3.05, 3.63) is 53.6 Å². The number of nitrogens with one attached hydrogen (secondary N) is 1. The molecule has 6 nitrogen and oxygen atoms in total. The van der Waals surface area contributed by atoms with Crippen LogP contribution in [0.5, 0.6) is 0 Å². The van der Waals surface area contributed by atoms with Gasteiger partial charge in [-0.15, -0.1) is 0 Å². The van der Waals surface area contributed by atoms with Crippen molar-refractivity contribution >= 4 is 23.0 Å². The SMILES string of the molecule is CC[C@H](CC(=O)O)c1ccc(N2CCOC[C@@H]2C(C)C)c(Nc2ccc(C#N)cc2)c1. The average molecular weight is 422 g/mol. The van der Waals surface area contributed by atoms with Gasteiger partial charge in [-0.05, 0) is 60.2 Å². The molecule has 2 atom stereocenters. The van der Waals surface area contributed by atoms with Crippen molar-refractivity contribution in [1.29, 1.82) is 5.26 Å². The van der Waals surface area contributed by atoms with Crippen LogP contribution in [0.25, 0.3) is 0 Å². The molecule has 2 aromatic carbocycles. The quantitative estimate of drug-likeness (QED) is 0.614. The zero-order valence-electron chi connectivity index (χ0n) is 18.5. The summed E-state index contributed by atoms with van der Waals surface area (Å²) < 4.78 is 5.74. The lowest BCUT2D eigenvalue weighted by Crippen LogP contribution is -2.48. The molecular formula is C25H31N3O3. The van der Waals surface area contributed by atoms with Gasteiger partial charge in [-0.3, -0.25) is 4.79 Å². The lowest BCUT2D eigenvalue weighted by atomic mass is 9.92. The maximum absolute atomic E-state index is 11.3. The van der Waals surface area contributed by atoms with Gasteiger partial charge in [0.1, 0.15) is 0 Å². The summed E-state index contributed by atoms with van der Waals surface area (Å²) in [5.74, 6) is -0.401. The Kier molecular flexibility index (Phi) is 7.54. The van der Waals surface area contributed by atoms with Gasteiger partial charge in [0, 0.05) is 12.2 Å². The van der Waals surface area contributed by atoms with Gasteiger partial charge < -0.3 is 20.1 Å². The number of aliphatic carboxylic acids is 1. The minimum absolute atomic E-state index is 0.0429. The molecule has 0 saturated carbocycles. The zero-order chi connectivity index (χ0) is 22.4. The second kappa shape index (κ2) is 10.3. The molecule has 1 aliphatic rings. The van der Waals surface area contributed by atoms with Gasteiger partial charge in [0.05, 0.1) is 48.7 Å². The molecule has 0 amide bonds. The van der Waals surface area contributed by atoms with Gasteiger partial charge in [0.2, 0.25) is 0 Å². The second-order valence-corrected chi connectivity index (χ2v) is 8.37. The summed E-state index contributed by atoms with van der Waals surface area (Å²) in [6.07, 6.45) is 0.868. The second-order valence-electron chi connectivity index (χ2n) is 8.37. The summed E-state index contributed by atoms with van der Waals surface area (Å²) in [7, 11) is 0. The Morgan fingerprint density at radius 3 is 2.65 bits per heavy atom. The number of carboxylic acid groups (broad SMARTS) is 1. The van der Waals surface area contributed by atoms with Crippen LogP contribution in [0.3, 0.4) is 0 Å². The van der Waals surface area contributed by atoms with Crippen LogP contribution >= 0.6 is 0 Å². The largest absolute Gasteiger partial charge is 0.481 e. The Hall–Kier alpha value is -3.04. The molecule has 31 heavy (non-hydrogen) atoms. The Morgan fingerprint density at radius 2 is 2.03 bits per heavy atom. The topological polar surface area (TPSA) is 85.6 Å². The molecule has 1 saturated heterocycles. The van der Waals surface area contributed by atoms with Crippen LogP contribution in [-0.4, -0.2) is 36.9 Å². The number of anilines is 3. The average Bonchev–Trinajstić information content (AvgIpc) is 2.78. The normalized spacial score (nSPS) is 17.3. The van der Waals surface area contributed by atoms with E-state index in [1.165, 1.54) is 0 Å². The van der Waals surface area contributed by atoms with Crippen molar-refractivity contribution < 1.29 is 14.6 Å². The van der Waals surface area contributed by atoms with E-state index in [9.17, 15) is 9.90 Å². The van der Waals surface area contributed by atoms with Crippen LogP contribution in [0.2, 0.25) is 0 Å². The van der Waals surface area contributed by atoms with Crippen molar-refractivity contribution in [3.8, 4) is 6.07 Å². The number of carbonyl (C=O) groups is 1. The molecule has 3 rings (SSSR count). The van der Waals surface area contributed by atoms with Crippen molar-refractivity contribution in [2.75, 3.05) is 30.0 Å². The maximum Gasteiger partial charge on any atom is 0.303 e. The first kappa shape index (κ1) is 22.6. The van der Waals surface area contributed by atoms with Gasteiger partial charge in [-0.25, -0.2) is 0 Å². The molecule has 2 aromatic rings. The minimum atomic E-state index is -0.787. The smallest absolute Gasteiger partial charge is 0.303 e. The predicted octanol–water partition coefficient (Wildman–Crippen LogP) is 5.13. The summed E-state index contributed by atoms with van der Waals surface area (Å²) in [5.41, 5.74) is 4.54. The molecule has 2 N–H and O–H groups in total. The molecule has 0 aromatic heterocycles. The summed E-state index contributed by atoms with van der Waals surface area (Å²) >= 11 is 0. The number of benzene rings is 2. The van der Waals surface area contributed by atoms with Gasteiger partial charge >= 0.3 is 5.97 Å². The Morgan fingerprint density at radius 1 is 1.29 bits per heavy atom. The standard InChI is InChI=1S/C25H31N3O3/c1-4-19(14-25(29)30)20-7-10-23(28-11-12-31-16-24(28)17(2)3)22(13-20)27-21-8-5-18(15-26)6-9-21/h5-10,13,17,19,24,27H,4,11-12,14,16H2,1-3H3,(H,29,30)/t19-,24-/m1/s1. The number of carboxylic acids is 1. The molecule has 0 bridgehead atoms. The first-order valence-corrected chi connectivity index (χ1v) is 10.9. The summed E-state index contributed by atoms with van der Waals surface area (Å²) in [6.45, 7) is 8.59. The van der Waals surface area contributed by atoms with Crippen molar-refractivity contribution in [2.24, 2.45) is 5.92 Å². The maximum atomic E-state index is 11.3. The van der Waals surface area contributed by atoms with Crippen LogP contribution in [-0.2, 0) is 9.53 Å². The predicted molar refractivity (Wildman–Crippen MR) is 123 cm³/mol. The van der Waals surface area contributed by atoms with E-state index in [4.69, 9.17) is 10.00 Å². The van der Waals surface area contributed by atoms with Gasteiger partial charge in [-0.2, -0.15) is 5.26 Å². The highest BCUT2D eigenvalue weighted by Gasteiger charge is 2.28. The monoisotopic (exact) mass is 421 g/mol. The number of nitriles is 1. The van der Waals surface area contributed by atoms with Crippen LogP contribution < -0.4 is 10.2 Å². The van der Waals surface area contributed by atoms with Crippen LogP contribution in [0, 0.1) is 17.2 Å². The first-order chi connectivity index (χ1) is 14.9. The van der Waals surface area contributed by atoms with E-state index in [-0.39, 0.29) is 18.4 Å². The van der Waals surface area contributed by atoms with E-state index in [0.717, 1.165) is 35.6 Å². The molecule has 1 fully saturated rings. The highest BCUT2D eigenvalue weighted by Crippen LogP contribution is 2.36. The number of hydrogen-bond donors (Lipinski definition) is 2. The fourth-order valence-electron chi connectivity index (χ4n) is 4.12. The number of nitrogens with zero attached hydrogens (tertiary/aromatic N) is 2. The highest BCUT2D eigenvalue weighted by molar-refractivity contribution is 5.77. The lowest BCUT2D eigenvalue weighted by Gasteiger charge is -2.40. The third-order valence-corrected chi connectivity index (χ3v) is 5.94. The molecule has 6 heteroatoms. The summed E-state index contributed by atoms with van der Waals surface area (Å²) in [6, 6.07) is 16.0. The van der Waals surface area contributed by atoms with Crippen LogP contribution in [0.4, 0.5) is 17.1 Å². The van der Waals surface area contributed by atoms with Gasteiger partial charge in [0.15, 0.2) is 0 Å². The van der Waals surface area contributed by atoms with Gasteiger partial charge in [0.25, 0.3) is 0 Å². The lowest BCUT2D eigenvalue weighted by molar-refractivity contribution is -0.137. The third kappa shape index (κ3) is 5.56. The van der Waals surface area contributed by atoms with Crippen molar-refractivity contribution in [3.63, 3.8) is 0 Å². The van der Waals surface area contributed by atoms with Crippen molar-refractivity contribution in [1.82, 2.24) is 0 Å². The van der Waals surface area contributed by atoms with Crippen LogP contribution in [0.1, 0.15) is 50.7 Å². The third-order valence-electron chi connectivity index (χ3n) is 5.94. The molecule has 164 valence electrons. The fraction of sp³-hybridized carbons (Fsp3) is 0.440. The van der Waals surface area contributed by atoms with E-state index in [2.05, 4.69) is 48.3 Å². The van der Waals surface area contributed by atoms with E-state index < -0.39 is 5.97 Å². The Bertz CT molecular complexity index is 934. The minimum Gasteiger partial charge on any atom is -0.481 e. The molecule has 0 unspecified atom stereocenters. The fourth-order valence-corrected chi connectivity index (χ4v) is 4.12. The highest BCUT2D eigenvalue weighted by atomic mass is 16.5. The Labute approximate surface area is 184 Å². The van der Waals surface area contributed by atoms with Crippen molar-refractivity contribution in [2.45, 2.75) is 45.6 Å². The van der Waals surface area contributed by atoms with E-state index in [0.29, 0.717) is 24.7 Å². The molecule has 0 aliphatic carbocycles.